The first-order chi connectivity index (χ1) is 10.1. The average molecular weight is 282 g/mol. The smallest absolute Gasteiger partial charge is 0.344 e. The third kappa shape index (κ3) is 2.40. The Hall–Kier alpha value is -2.62. The summed E-state index contributed by atoms with van der Waals surface area (Å²) in [4.78, 5) is 23.0. The molecule has 4 heteroatoms. The van der Waals surface area contributed by atoms with Gasteiger partial charge in [-0.3, -0.25) is 4.79 Å². The molecule has 0 unspecified atom stereocenters. The van der Waals surface area contributed by atoms with Gasteiger partial charge in [-0.15, -0.1) is 0 Å². The molecule has 1 heterocycles. The van der Waals surface area contributed by atoms with Gasteiger partial charge >= 0.3 is 5.63 Å². The molecule has 0 bridgehead atoms. The van der Waals surface area contributed by atoms with Crippen molar-refractivity contribution in [3.8, 4) is 5.75 Å². The molecular weight excluding hydrogens is 268 g/mol. The van der Waals surface area contributed by atoms with Crippen LogP contribution in [0.4, 0.5) is 0 Å². The molecule has 3 aromatic rings. The summed E-state index contributed by atoms with van der Waals surface area (Å²) in [6.07, 6.45) is 0. The molecule has 0 aliphatic carbocycles. The van der Waals surface area contributed by atoms with Crippen LogP contribution in [-0.4, -0.2) is 12.4 Å². The number of carbonyl (C=O) groups is 1. The first-order valence-corrected chi connectivity index (χ1v) is 6.64. The lowest BCUT2D eigenvalue weighted by Gasteiger charge is -2.09. The van der Waals surface area contributed by atoms with Gasteiger partial charge in [0.15, 0.2) is 5.78 Å². The van der Waals surface area contributed by atoms with Crippen molar-refractivity contribution in [1.82, 2.24) is 0 Å². The van der Waals surface area contributed by atoms with Crippen molar-refractivity contribution in [3.63, 3.8) is 0 Å². The van der Waals surface area contributed by atoms with Gasteiger partial charge in [-0.1, -0.05) is 18.2 Å². The van der Waals surface area contributed by atoms with Gasteiger partial charge in [-0.2, -0.15) is 0 Å². The molecule has 3 rings (SSSR count). The Kier molecular flexibility index (Phi) is 3.22. The summed E-state index contributed by atoms with van der Waals surface area (Å²) in [7, 11) is 0. The number of benzene rings is 2. The molecule has 0 fully saturated rings. The fourth-order valence-corrected chi connectivity index (χ4v) is 2.45. The van der Waals surface area contributed by atoms with Crippen LogP contribution in [-0.2, 0) is 4.79 Å². The second-order valence-corrected chi connectivity index (χ2v) is 5.04. The molecule has 0 saturated heterocycles. The average Bonchev–Trinajstić information content (AvgIpc) is 2.45. The standard InChI is InChI=1S/C17H14O4/c1-10-7-12(20-9-11(2)18)8-15-16(10)13-5-3-4-6-14(13)17(19)21-15/h3-8H,9H2,1-2H3. The molecule has 21 heavy (non-hydrogen) atoms. The number of fused-ring (bicyclic) bond motifs is 3. The SMILES string of the molecule is CC(=O)COc1cc(C)c2c(c1)oc(=O)c1ccccc12. The summed E-state index contributed by atoms with van der Waals surface area (Å²) in [5.41, 5.74) is 1.03. The van der Waals surface area contributed by atoms with Gasteiger partial charge in [0.1, 0.15) is 17.9 Å². The van der Waals surface area contributed by atoms with E-state index >= 15 is 0 Å². The highest BCUT2D eigenvalue weighted by Gasteiger charge is 2.11. The first-order valence-electron chi connectivity index (χ1n) is 6.64. The number of hydrogen-bond acceptors (Lipinski definition) is 4. The van der Waals surface area contributed by atoms with Crippen molar-refractivity contribution >= 4 is 27.5 Å². The predicted octanol–water partition coefficient (Wildman–Crippen LogP) is 3.22. The number of rotatable bonds is 3. The number of carbonyl (C=O) groups excluding carboxylic acids is 1. The molecule has 0 saturated carbocycles. The molecule has 0 aliphatic rings. The minimum Gasteiger partial charge on any atom is -0.486 e. The number of ketones is 1. The van der Waals surface area contributed by atoms with E-state index in [2.05, 4.69) is 0 Å². The van der Waals surface area contributed by atoms with E-state index in [4.69, 9.17) is 9.15 Å². The van der Waals surface area contributed by atoms with E-state index in [0.29, 0.717) is 16.7 Å². The molecule has 4 nitrogen and oxygen atoms in total. The van der Waals surface area contributed by atoms with Gasteiger partial charge in [-0.05, 0) is 31.5 Å². The van der Waals surface area contributed by atoms with Crippen molar-refractivity contribution < 1.29 is 13.9 Å². The zero-order valence-electron chi connectivity index (χ0n) is 11.8. The lowest BCUT2D eigenvalue weighted by Crippen LogP contribution is -2.07. The molecule has 0 spiro atoms. The topological polar surface area (TPSA) is 56.5 Å². The van der Waals surface area contributed by atoms with E-state index in [1.54, 1.807) is 12.1 Å². The molecule has 0 aliphatic heterocycles. The lowest BCUT2D eigenvalue weighted by molar-refractivity contribution is -0.118. The Morgan fingerprint density at radius 1 is 1.19 bits per heavy atom. The van der Waals surface area contributed by atoms with Crippen LogP contribution in [0.25, 0.3) is 21.7 Å². The molecule has 0 N–H and O–H groups in total. The van der Waals surface area contributed by atoms with E-state index < -0.39 is 0 Å². The van der Waals surface area contributed by atoms with Crippen LogP contribution in [0, 0.1) is 6.92 Å². The molecular formula is C17H14O4. The van der Waals surface area contributed by atoms with Crippen molar-refractivity contribution in [2.24, 2.45) is 0 Å². The highest BCUT2D eigenvalue weighted by Crippen LogP contribution is 2.29. The molecule has 0 radical (unpaired) electrons. The number of ether oxygens (including phenoxy) is 1. The van der Waals surface area contributed by atoms with E-state index in [9.17, 15) is 9.59 Å². The zero-order valence-corrected chi connectivity index (χ0v) is 11.8. The number of aryl methyl sites for hydroxylation is 1. The van der Waals surface area contributed by atoms with Crippen LogP contribution in [0.2, 0.25) is 0 Å². The van der Waals surface area contributed by atoms with Crippen LogP contribution in [0.3, 0.4) is 0 Å². The van der Waals surface area contributed by atoms with Crippen LogP contribution >= 0.6 is 0 Å². The van der Waals surface area contributed by atoms with Gasteiger partial charge in [0, 0.05) is 16.8 Å². The third-order valence-corrected chi connectivity index (χ3v) is 3.33. The van der Waals surface area contributed by atoms with E-state index in [1.807, 2.05) is 31.2 Å². The first kappa shape index (κ1) is 13.4. The molecule has 0 atom stereocenters. The molecule has 2 aromatic carbocycles. The van der Waals surface area contributed by atoms with Crippen molar-refractivity contribution in [2.45, 2.75) is 13.8 Å². The van der Waals surface area contributed by atoms with Crippen LogP contribution in [0.15, 0.2) is 45.6 Å². The van der Waals surface area contributed by atoms with E-state index in [1.165, 1.54) is 6.92 Å². The Labute approximate surface area is 120 Å². The Morgan fingerprint density at radius 2 is 1.90 bits per heavy atom. The molecule has 106 valence electrons. The normalized spacial score (nSPS) is 11.0. The minimum absolute atomic E-state index is 0.00274. The maximum atomic E-state index is 12.0. The summed E-state index contributed by atoms with van der Waals surface area (Å²) in [6, 6.07) is 10.8. The minimum atomic E-state index is -0.374. The summed E-state index contributed by atoms with van der Waals surface area (Å²) >= 11 is 0. The van der Waals surface area contributed by atoms with Crippen molar-refractivity contribution in [2.75, 3.05) is 6.61 Å². The predicted molar refractivity (Wildman–Crippen MR) is 80.9 cm³/mol. The van der Waals surface area contributed by atoms with Crippen LogP contribution < -0.4 is 10.4 Å². The second-order valence-electron chi connectivity index (χ2n) is 5.04. The summed E-state index contributed by atoms with van der Waals surface area (Å²) in [5, 5.41) is 2.31. The quantitative estimate of drug-likeness (QED) is 0.546. The van der Waals surface area contributed by atoms with Gasteiger partial charge in [-0.25, -0.2) is 4.79 Å². The molecule has 0 amide bonds. The maximum Gasteiger partial charge on any atom is 0.344 e. The Balaban J connectivity index is 2.27. The Bertz CT molecular complexity index is 906. The fourth-order valence-electron chi connectivity index (χ4n) is 2.45. The summed E-state index contributed by atoms with van der Waals surface area (Å²) in [6.45, 7) is 3.39. The second kappa shape index (κ2) is 5.05. The number of Topliss-reactive ketones (excluding diaryl/α,β-unsaturated/α-hetero) is 1. The van der Waals surface area contributed by atoms with Gasteiger partial charge in [0.25, 0.3) is 0 Å². The van der Waals surface area contributed by atoms with Crippen LogP contribution in [0.1, 0.15) is 12.5 Å². The van der Waals surface area contributed by atoms with E-state index in [0.717, 1.165) is 16.3 Å². The summed E-state index contributed by atoms with van der Waals surface area (Å²) < 4.78 is 10.8. The van der Waals surface area contributed by atoms with Gasteiger partial charge in [0.05, 0.1) is 5.39 Å². The van der Waals surface area contributed by atoms with Crippen LogP contribution in [0.5, 0.6) is 5.75 Å². The highest BCUT2D eigenvalue weighted by atomic mass is 16.5. The number of hydrogen-bond donors (Lipinski definition) is 0. The van der Waals surface area contributed by atoms with Gasteiger partial charge in [0.2, 0.25) is 0 Å². The van der Waals surface area contributed by atoms with Gasteiger partial charge < -0.3 is 9.15 Å². The monoisotopic (exact) mass is 282 g/mol. The van der Waals surface area contributed by atoms with Crippen molar-refractivity contribution in [1.29, 1.82) is 0 Å². The maximum absolute atomic E-state index is 12.0. The van der Waals surface area contributed by atoms with E-state index in [-0.39, 0.29) is 18.0 Å². The highest BCUT2D eigenvalue weighted by molar-refractivity contribution is 6.06. The Morgan fingerprint density at radius 3 is 2.62 bits per heavy atom. The largest absolute Gasteiger partial charge is 0.486 e. The third-order valence-electron chi connectivity index (χ3n) is 3.33. The fraction of sp³-hybridized carbons (Fsp3) is 0.176. The summed E-state index contributed by atoms with van der Waals surface area (Å²) in [5.74, 6) is 0.460. The molecule has 1 aromatic heterocycles. The van der Waals surface area contributed by atoms with Crippen molar-refractivity contribution in [3.05, 3.63) is 52.4 Å². The zero-order chi connectivity index (χ0) is 15.0. The lowest BCUT2D eigenvalue weighted by atomic mass is 10.0.